The monoisotopic (exact) mass is 387 g/mol. The molecule has 2 atom stereocenters. The molecule has 2 heterocycles. The van der Waals surface area contributed by atoms with E-state index in [4.69, 9.17) is 0 Å². The highest BCUT2D eigenvalue weighted by molar-refractivity contribution is 6.13. The van der Waals surface area contributed by atoms with Crippen molar-refractivity contribution in [2.45, 2.75) is 58.5 Å². The highest BCUT2D eigenvalue weighted by Crippen LogP contribution is 2.35. The van der Waals surface area contributed by atoms with Crippen molar-refractivity contribution >= 4 is 17.7 Å². The minimum absolute atomic E-state index is 0.101. The fourth-order valence-electron chi connectivity index (χ4n) is 3.97. The molecule has 154 valence electrons. The predicted molar refractivity (Wildman–Crippen MR) is 110 cm³/mol. The van der Waals surface area contributed by atoms with Crippen LogP contribution in [0.4, 0.5) is 4.79 Å². The van der Waals surface area contributed by atoms with Crippen LogP contribution in [-0.2, 0) is 9.59 Å². The van der Waals surface area contributed by atoms with Crippen molar-refractivity contribution in [3.05, 3.63) is 37.1 Å². The van der Waals surface area contributed by atoms with Gasteiger partial charge in [0, 0.05) is 31.4 Å². The molecule has 6 nitrogen and oxygen atoms in total. The van der Waals surface area contributed by atoms with E-state index in [1.54, 1.807) is 17.1 Å². The second-order valence-electron chi connectivity index (χ2n) is 7.39. The Kier molecular flexibility index (Phi) is 8.03. The molecule has 28 heavy (non-hydrogen) atoms. The maximum atomic E-state index is 13.1. The number of urea groups is 1. The zero-order chi connectivity index (χ0) is 20.7. The molecule has 0 bridgehead atoms. The van der Waals surface area contributed by atoms with Crippen molar-refractivity contribution in [2.24, 2.45) is 5.92 Å². The number of hydrogen-bond donors (Lipinski definition) is 0. The summed E-state index contributed by atoms with van der Waals surface area (Å²) in [4.78, 5) is 43.9. The van der Waals surface area contributed by atoms with Gasteiger partial charge in [0.1, 0.15) is 12.1 Å². The molecular weight excluding hydrogens is 354 g/mol. The summed E-state index contributed by atoms with van der Waals surface area (Å²) in [5.41, 5.74) is 0.941. The van der Waals surface area contributed by atoms with Gasteiger partial charge in [-0.05, 0) is 19.3 Å². The van der Waals surface area contributed by atoms with Crippen molar-refractivity contribution in [3.8, 4) is 0 Å². The summed E-state index contributed by atoms with van der Waals surface area (Å²) < 4.78 is 0. The molecule has 1 fully saturated rings. The first-order valence-electron chi connectivity index (χ1n) is 10.4. The lowest BCUT2D eigenvalue weighted by molar-refractivity contribution is -0.149. The Labute approximate surface area is 168 Å². The minimum atomic E-state index is -0.885. The van der Waals surface area contributed by atoms with Gasteiger partial charge >= 0.3 is 6.03 Å². The average Bonchev–Trinajstić information content (AvgIpc) is 2.68. The van der Waals surface area contributed by atoms with E-state index in [0.29, 0.717) is 6.54 Å². The van der Waals surface area contributed by atoms with Gasteiger partial charge in [0.2, 0.25) is 5.91 Å². The minimum Gasteiger partial charge on any atom is -0.353 e. The third kappa shape index (κ3) is 4.37. The molecule has 0 radical (unpaired) electrons. The Morgan fingerprint density at radius 1 is 0.964 bits per heavy atom. The Hall–Kier alpha value is -2.37. The molecule has 0 spiro atoms. The third-order valence-corrected chi connectivity index (χ3v) is 5.36. The van der Waals surface area contributed by atoms with E-state index in [1.165, 1.54) is 6.08 Å². The average molecular weight is 388 g/mol. The van der Waals surface area contributed by atoms with Gasteiger partial charge in [0.25, 0.3) is 0 Å². The Balaban J connectivity index is 2.47. The highest BCUT2D eigenvalue weighted by atomic mass is 16.2. The van der Waals surface area contributed by atoms with Crippen LogP contribution >= 0.6 is 0 Å². The summed E-state index contributed by atoms with van der Waals surface area (Å²) in [5, 5.41) is 0. The van der Waals surface area contributed by atoms with Gasteiger partial charge in [0.05, 0.1) is 0 Å². The fourth-order valence-corrected chi connectivity index (χ4v) is 3.97. The Bertz CT molecular complexity index is 655. The second kappa shape index (κ2) is 10.2. The number of imide groups is 1. The summed E-state index contributed by atoms with van der Waals surface area (Å²) in [6, 6.07) is -0.379. The molecule has 3 amide bonds. The summed E-state index contributed by atoms with van der Waals surface area (Å²) in [7, 11) is 0. The lowest BCUT2D eigenvalue weighted by Crippen LogP contribution is -2.69. The molecule has 2 unspecified atom stereocenters. The second-order valence-corrected chi connectivity index (χ2v) is 7.39. The normalized spacial score (nSPS) is 22.3. The van der Waals surface area contributed by atoms with Crippen molar-refractivity contribution in [1.29, 1.82) is 0 Å². The molecule has 2 aliphatic heterocycles. The molecule has 0 aromatic rings. The number of nitrogens with zero attached hydrogens (tertiary/aromatic N) is 3. The van der Waals surface area contributed by atoms with Crippen LogP contribution in [0.1, 0.15) is 52.4 Å². The van der Waals surface area contributed by atoms with Gasteiger partial charge in [-0.3, -0.25) is 19.4 Å². The van der Waals surface area contributed by atoms with Crippen LogP contribution in [0.3, 0.4) is 0 Å². The van der Waals surface area contributed by atoms with E-state index in [1.807, 2.05) is 0 Å². The smallest absolute Gasteiger partial charge is 0.328 e. The van der Waals surface area contributed by atoms with Gasteiger partial charge in [-0.1, -0.05) is 45.3 Å². The summed E-state index contributed by atoms with van der Waals surface area (Å²) >= 11 is 0. The number of carbonyl (C=O) groups excluding carboxylic acids is 3. The van der Waals surface area contributed by atoms with Crippen molar-refractivity contribution < 1.29 is 14.4 Å². The SMILES string of the molecule is C=CCN1C(=O)C2C(=O)C=C(CCCC)N(CCCCC)C2N(CC=C)C1=O. The van der Waals surface area contributed by atoms with E-state index in [9.17, 15) is 14.4 Å². The van der Waals surface area contributed by atoms with Gasteiger partial charge < -0.3 is 4.90 Å². The number of fused-ring (bicyclic) bond motifs is 1. The molecule has 6 heteroatoms. The van der Waals surface area contributed by atoms with E-state index >= 15 is 0 Å². The molecule has 0 aromatic heterocycles. The summed E-state index contributed by atoms with van der Waals surface area (Å²) in [6.45, 7) is 12.8. The Morgan fingerprint density at radius 2 is 1.64 bits per heavy atom. The van der Waals surface area contributed by atoms with Crippen LogP contribution in [-0.4, -0.2) is 58.2 Å². The lowest BCUT2D eigenvalue weighted by atomic mass is 9.88. The Morgan fingerprint density at radius 3 is 2.25 bits per heavy atom. The standard InChI is InChI=1S/C22H33N3O3/c1-5-9-11-15-23-17(12-10-6-2)16-18(26)19-20(23)24(13-7-3)22(28)25(14-8-4)21(19)27/h7-8,16,19-20H,3-6,9-15H2,1-2H3. The fraction of sp³-hybridized carbons (Fsp3) is 0.591. The van der Waals surface area contributed by atoms with E-state index in [2.05, 4.69) is 31.9 Å². The zero-order valence-corrected chi connectivity index (χ0v) is 17.2. The molecular formula is C22H33N3O3. The van der Waals surface area contributed by atoms with Gasteiger partial charge in [-0.25, -0.2) is 4.79 Å². The number of unbranched alkanes of at least 4 members (excludes halogenated alkanes) is 3. The van der Waals surface area contributed by atoms with Crippen LogP contribution in [0, 0.1) is 5.92 Å². The summed E-state index contributed by atoms with van der Waals surface area (Å²) in [5.74, 6) is -1.51. The number of rotatable bonds is 11. The predicted octanol–water partition coefficient (Wildman–Crippen LogP) is 3.71. The highest BCUT2D eigenvalue weighted by Gasteiger charge is 2.52. The van der Waals surface area contributed by atoms with Gasteiger partial charge in [-0.15, -0.1) is 13.2 Å². The number of carbonyl (C=O) groups is 3. The van der Waals surface area contributed by atoms with Gasteiger partial charge in [0.15, 0.2) is 5.78 Å². The zero-order valence-electron chi connectivity index (χ0n) is 17.2. The number of allylic oxidation sites excluding steroid dienone is 2. The summed E-state index contributed by atoms with van der Waals surface area (Å²) in [6.07, 6.45) is 10.1. The first kappa shape index (κ1) is 21.9. The van der Waals surface area contributed by atoms with Crippen LogP contribution in [0.25, 0.3) is 0 Å². The number of amides is 3. The van der Waals surface area contributed by atoms with Crippen LogP contribution < -0.4 is 0 Å². The van der Waals surface area contributed by atoms with Crippen LogP contribution in [0.2, 0.25) is 0 Å². The lowest BCUT2D eigenvalue weighted by Gasteiger charge is -2.51. The molecule has 0 N–H and O–H groups in total. The van der Waals surface area contributed by atoms with Crippen molar-refractivity contribution in [3.63, 3.8) is 0 Å². The largest absolute Gasteiger partial charge is 0.353 e. The van der Waals surface area contributed by atoms with Crippen molar-refractivity contribution in [2.75, 3.05) is 19.6 Å². The molecule has 2 rings (SSSR count). The third-order valence-electron chi connectivity index (χ3n) is 5.36. The van der Waals surface area contributed by atoms with E-state index < -0.39 is 18.0 Å². The van der Waals surface area contributed by atoms with E-state index in [-0.39, 0.29) is 18.4 Å². The van der Waals surface area contributed by atoms with E-state index in [0.717, 1.165) is 55.7 Å². The molecule has 0 aromatic carbocycles. The van der Waals surface area contributed by atoms with Crippen LogP contribution in [0.15, 0.2) is 37.1 Å². The topological polar surface area (TPSA) is 60.9 Å². The molecule has 2 aliphatic rings. The van der Waals surface area contributed by atoms with Gasteiger partial charge in [-0.2, -0.15) is 0 Å². The molecule has 0 aliphatic carbocycles. The van der Waals surface area contributed by atoms with Crippen molar-refractivity contribution in [1.82, 2.24) is 14.7 Å². The quantitative estimate of drug-likeness (QED) is 0.308. The maximum Gasteiger partial charge on any atom is 0.328 e. The maximum absolute atomic E-state index is 13.1. The first-order valence-corrected chi connectivity index (χ1v) is 10.4. The first-order chi connectivity index (χ1) is 13.5. The number of ketones is 1. The molecule has 1 saturated heterocycles. The van der Waals surface area contributed by atoms with Crippen LogP contribution in [0.5, 0.6) is 0 Å². The number of hydrogen-bond acceptors (Lipinski definition) is 4. The molecule has 0 saturated carbocycles.